The molecule has 1 heterocycles. The van der Waals surface area contributed by atoms with Crippen LogP contribution < -0.4 is 0 Å². The fourth-order valence-electron chi connectivity index (χ4n) is 3.66. The van der Waals surface area contributed by atoms with E-state index in [1.165, 1.54) is 0 Å². The van der Waals surface area contributed by atoms with Crippen molar-refractivity contribution in [3.63, 3.8) is 0 Å². The van der Waals surface area contributed by atoms with Crippen LogP contribution in [0.15, 0.2) is 47.4 Å². The van der Waals surface area contributed by atoms with Crippen LogP contribution in [0.5, 0.6) is 0 Å². The maximum Gasteiger partial charge on any atom is 0.307 e. The van der Waals surface area contributed by atoms with Crippen molar-refractivity contribution in [2.24, 2.45) is 0 Å². The summed E-state index contributed by atoms with van der Waals surface area (Å²) in [5.41, 5.74) is 3.87. The Morgan fingerprint density at radius 3 is 2.22 bits per heavy atom. The number of aromatic nitrogens is 2. The molecule has 0 aliphatic carbocycles. The van der Waals surface area contributed by atoms with Crippen molar-refractivity contribution in [3.05, 3.63) is 80.6 Å². The van der Waals surface area contributed by atoms with E-state index in [1.54, 1.807) is 42.5 Å². The van der Waals surface area contributed by atoms with E-state index in [2.05, 4.69) is 5.10 Å². The predicted molar refractivity (Wildman–Crippen MR) is 125 cm³/mol. The molecule has 0 unspecified atom stereocenters. The minimum atomic E-state index is -3.55. The van der Waals surface area contributed by atoms with Gasteiger partial charge in [-0.05, 0) is 48.2 Å². The molecule has 2 aromatic carbocycles. The van der Waals surface area contributed by atoms with Crippen molar-refractivity contribution < 1.29 is 18.3 Å². The second-order valence-electron chi connectivity index (χ2n) is 7.46. The van der Waals surface area contributed by atoms with Crippen LogP contribution >= 0.6 is 23.2 Å². The molecule has 170 valence electrons. The van der Waals surface area contributed by atoms with E-state index in [-0.39, 0.29) is 17.1 Å². The molecule has 0 aliphatic rings. The molecule has 6 nitrogen and oxygen atoms in total. The van der Waals surface area contributed by atoms with Crippen molar-refractivity contribution >= 4 is 39.0 Å². The van der Waals surface area contributed by atoms with Crippen molar-refractivity contribution in [2.45, 2.75) is 50.3 Å². The molecule has 0 amide bonds. The molecule has 1 aromatic heterocycles. The number of carbonyl (C=O) groups is 1. The summed E-state index contributed by atoms with van der Waals surface area (Å²) in [6.45, 7) is 4.35. The summed E-state index contributed by atoms with van der Waals surface area (Å²) in [5.74, 6) is -1.06. The Labute approximate surface area is 197 Å². The lowest BCUT2D eigenvalue weighted by molar-refractivity contribution is -0.136. The summed E-state index contributed by atoms with van der Waals surface area (Å²) in [6.07, 6.45) is 1.25. The maximum absolute atomic E-state index is 12.8. The molecule has 0 saturated carbocycles. The van der Waals surface area contributed by atoms with Gasteiger partial charge in [0, 0.05) is 11.3 Å². The topological polar surface area (TPSA) is 89.3 Å². The van der Waals surface area contributed by atoms with Gasteiger partial charge in [0.25, 0.3) is 0 Å². The van der Waals surface area contributed by atoms with Crippen molar-refractivity contribution in [2.75, 3.05) is 0 Å². The van der Waals surface area contributed by atoms with E-state index in [0.29, 0.717) is 35.0 Å². The Balaban J connectivity index is 1.82. The summed E-state index contributed by atoms with van der Waals surface area (Å²) in [5, 5.41) is 14.5. The van der Waals surface area contributed by atoms with Crippen LogP contribution in [-0.2, 0) is 46.2 Å². The highest BCUT2D eigenvalue weighted by Crippen LogP contribution is 2.25. The molecule has 0 saturated heterocycles. The van der Waals surface area contributed by atoms with Crippen LogP contribution in [0.25, 0.3) is 0 Å². The first kappa shape index (κ1) is 24.3. The monoisotopic (exact) mass is 494 g/mol. The van der Waals surface area contributed by atoms with Gasteiger partial charge in [0.05, 0.1) is 39.4 Å². The van der Waals surface area contributed by atoms with E-state index in [0.717, 1.165) is 22.5 Å². The molecule has 0 bridgehead atoms. The molecule has 0 radical (unpaired) electrons. The zero-order valence-electron chi connectivity index (χ0n) is 17.8. The largest absolute Gasteiger partial charge is 0.481 e. The van der Waals surface area contributed by atoms with Crippen LogP contribution in [0.2, 0.25) is 10.0 Å². The molecule has 1 N–H and O–H groups in total. The number of hydrogen-bond donors (Lipinski definition) is 1. The lowest BCUT2D eigenvalue weighted by Gasteiger charge is -2.09. The summed E-state index contributed by atoms with van der Waals surface area (Å²) in [6, 6.07) is 11.4. The average Bonchev–Trinajstić information content (AvgIpc) is 3.06. The molecule has 0 atom stereocenters. The first-order chi connectivity index (χ1) is 15.1. The quantitative estimate of drug-likeness (QED) is 0.453. The third-order valence-corrected chi connectivity index (χ3v) is 7.65. The van der Waals surface area contributed by atoms with E-state index in [9.17, 15) is 18.3 Å². The summed E-state index contributed by atoms with van der Waals surface area (Å²) in [4.78, 5) is 11.5. The third kappa shape index (κ3) is 5.52. The fraction of sp³-hybridized carbons (Fsp3) is 0.304. The Morgan fingerprint density at radius 2 is 1.66 bits per heavy atom. The minimum absolute atomic E-state index is 0.0573. The van der Waals surface area contributed by atoms with Gasteiger partial charge in [-0.1, -0.05) is 55.2 Å². The van der Waals surface area contributed by atoms with Gasteiger partial charge in [-0.25, -0.2) is 8.42 Å². The SMILES string of the molecule is CCc1nn(Cc2ccc(S(=O)(=O)Cc3ccc(Cl)c(Cl)c3)cc2)c(CC)c1CC(=O)O. The molecule has 32 heavy (non-hydrogen) atoms. The number of carboxylic acid groups (broad SMARTS) is 1. The van der Waals surface area contributed by atoms with Crippen LogP contribution in [0.1, 0.15) is 41.9 Å². The highest BCUT2D eigenvalue weighted by molar-refractivity contribution is 7.90. The number of nitrogens with zero attached hydrogens (tertiary/aromatic N) is 2. The molecule has 3 aromatic rings. The van der Waals surface area contributed by atoms with Gasteiger partial charge >= 0.3 is 5.97 Å². The van der Waals surface area contributed by atoms with E-state index in [1.807, 2.05) is 18.5 Å². The average molecular weight is 495 g/mol. The van der Waals surface area contributed by atoms with Gasteiger partial charge in [-0.2, -0.15) is 5.10 Å². The Hall–Kier alpha value is -2.35. The number of benzene rings is 2. The highest BCUT2D eigenvalue weighted by Gasteiger charge is 2.19. The van der Waals surface area contributed by atoms with Gasteiger partial charge in [-0.15, -0.1) is 0 Å². The number of sulfone groups is 1. The van der Waals surface area contributed by atoms with E-state index < -0.39 is 15.8 Å². The molecule has 0 fully saturated rings. The zero-order chi connectivity index (χ0) is 23.5. The summed E-state index contributed by atoms with van der Waals surface area (Å²) >= 11 is 11.9. The minimum Gasteiger partial charge on any atom is -0.481 e. The smallest absolute Gasteiger partial charge is 0.307 e. The maximum atomic E-state index is 12.8. The predicted octanol–water partition coefficient (Wildman–Crippen LogP) is 4.96. The Morgan fingerprint density at radius 1 is 1.00 bits per heavy atom. The normalized spacial score (nSPS) is 11.6. The number of hydrogen-bond acceptors (Lipinski definition) is 4. The summed E-state index contributed by atoms with van der Waals surface area (Å²) < 4.78 is 27.4. The molecule has 0 aliphatic heterocycles. The first-order valence-corrected chi connectivity index (χ1v) is 12.6. The van der Waals surface area contributed by atoms with Gasteiger partial charge in [0.15, 0.2) is 9.84 Å². The second-order valence-corrected chi connectivity index (χ2v) is 10.3. The van der Waals surface area contributed by atoms with Crippen LogP contribution in [-0.4, -0.2) is 29.3 Å². The first-order valence-electron chi connectivity index (χ1n) is 10.2. The van der Waals surface area contributed by atoms with Crippen LogP contribution in [0.4, 0.5) is 0 Å². The van der Waals surface area contributed by atoms with Crippen LogP contribution in [0.3, 0.4) is 0 Å². The number of rotatable bonds is 9. The molecular formula is C23H24Cl2N2O4S. The zero-order valence-corrected chi connectivity index (χ0v) is 20.1. The second kappa shape index (κ2) is 10.1. The van der Waals surface area contributed by atoms with Gasteiger partial charge < -0.3 is 5.11 Å². The van der Waals surface area contributed by atoms with Gasteiger partial charge in [0.1, 0.15) is 0 Å². The van der Waals surface area contributed by atoms with E-state index >= 15 is 0 Å². The van der Waals surface area contributed by atoms with Gasteiger partial charge in [0.2, 0.25) is 0 Å². The number of aryl methyl sites for hydroxylation is 1. The standard InChI is InChI=1S/C23H24Cl2N2O4S/c1-3-21-18(12-23(28)29)22(4-2)27(26-21)13-15-5-8-17(9-6-15)32(30,31)14-16-7-10-19(24)20(25)11-16/h5-11H,3-4,12-14H2,1-2H3,(H,28,29). The fourth-order valence-corrected chi connectivity index (χ4v) is 5.32. The lowest BCUT2D eigenvalue weighted by atomic mass is 10.1. The van der Waals surface area contributed by atoms with Crippen molar-refractivity contribution in [1.29, 1.82) is 0 Å². The Kier molecular flexibility index (Phi) is 7.64. The van der Waals surface area contributed by atoms with Crippen molar-refractivity contribution in [1.82, 2.24) is 9.78 Å². The van der Waals surface area contributed by atoms with Crippen molar-refractivity contribution in [3.8, 4) is 0 Å². The lowest BCUT2D eigenvalue weighted by Crippen LogP contribution is -2.09. The van der Waals surface area contributed by atoms with E-state index in [4.69, 9.17) is 23.2 Å². The van der Waals surface area contributed by atoms with Crippen LogP contribution in [0, 0.1) is 0 Å². The third-order valence-electron chi connectivity index (χ3n) is 5.20. The highest BCUT2D eigenvalue weighted by atomic mass is 35.5. The molecule has 3 rings (SSSR count). The molecule has 0 spiro atoms. The summed E-state index contributed by atoms with van der Waals surface area (Å²) in [7, 11) is -3.55. The molecule has 9 heteroatoms. The number of halogens is 2. The Bertz CT molecular complexity index is 1240. The molecular weight excluding hydrogens is 471 g/mol. The number of carboxylic acids is 1. The van der Waals surface area contributed by atoms with Gasteiger partial charge in [-0.3, -0.25) is 9.48 Å². The number of aliphatic carboxylic acids is 1.